The molecular formula is C15H22N2O2. The van der Waals surface area contributed by atoms with Crippen molar-refractivity contribution in [3.63, 3.8) is 0 Å². The minimum Gasteiger partial charge on any atom is -0.486 e. The molecule has 4 nitrogen and oxygen atoms in total. The van der Waals surface area contributed by atoms with Crippen molar-refractivity contribution in [1.29, 1.82) is 0 Å². The Kier molecular flexibility index (Phi) is 3.89. The van der Waals surface area contributed by atoms with Crippen LogP contribution in [-0.2, 0) is 6.54 Å². The van der Waals surface area contributed by atoms with Crippen LogP contribution in [0.4, 0.5) is 0 Å². The van der Waals surface area contributed by atoms with E-state index < -0.39 is 0 Å². The van der Waals surface area contributed by atoms with E-state index in [1.54, 1.807) is 0 Å². The average Bonchev–Trinajstić information content (AvgIpc) is 2.48. The highest BCUT2D eigenvalue weighted by Gasteiger charge is 2.18. The fourth-order valence-corrected chi connectivity index (χ4v) is 2.85. The molecule has 1 aromatic carbocycles. The van der Waals surface area contributed by atoms with Crippen molar-refractivity contribution >= 4 is 0 Å². The second-order valence-corrected chi connectivity index (χ2v) is 5.37. The lowest BCUT2D eigenvalue weighted by Gasteiger charge is -2.31. The number of benzene rings is 1. The van der Waals surface area contributed by atoms with Crippen LogP contribution < -0.4 is 14.8 Å². The van der Waals surface area contributed by atoms with E-state index in [1.165, 1.54) is 18.4 Å². The van der Waals surface area contributed by atoms with Crippen molar-refractivity contribution in [3.8, 4) is 11.5 Å². The Bertz CT molecular complexity index is 430. The predicted molar refractivity (Wildman–Crippen MR) is 74.8 cm³/mol. The van der Waals surface area contributed by atoms with E-state index >= 15 is 0 Å². The number of ether oxygens (including phenoxy) is 2. The molecule has 4 heteroatoms. The van der Waals surface area contributed by atoms with Crippen LogP contribution >= 0.6 is 0 Å². The molecule has 1 saturated heterocycles. The maximum absolute atomic E-state index is 5.64. The van der Waals surface area contributed by atoms with E-state index in [9.17, 15) is 0 Å². The zero-order chi connectivity index (χ0) is 13.1. The van der Waals surface area contributed by atoms with Gasteiger partial charge in [0.2, 0.25) is 0 Å². The highest BCUT2D eigenvalue weighted by Crippen LogP contribution is 2.31. The molecule has 104 valence electrons. The number of piperidine rings is 1. The summed E-state index contributed by atoms with van der Waals surface area (Å²) < 4.78 is 11.2. The van der Waals surface area contributed by atoms with E-state index in [-0.39, 0.29) is 0 Å². The number of rotatable bonds is 3. The van der Waals surface area contributed by atoms with Gasteiger partial charge in [0.1, 0.15) is 13.2 Å². The summed E-state index contributed by atoms with van der Waals surface area (Å²) in [5.41, 5.74) is 1.30. The lowest BCUT2D eigenvalue weighted by Crippen LogP contribution is -2.40. The zero-order valence-electron chi connectivity index (χ0n) is 11.5. The number of nitrogens with one attached hydrogen (secondary N) is 1. The van der Waals surface area contributed by atoms with Crippen LogP contribution in [0.3, 0.4) is 0 Å². The Balaban J connectivity index is 1.65. The van der Waals surface area contributed by atoms with E-state index in [0.29, 0.717) is 19.3 Å². The van der Waals surface area contributed by atoms with Gasteiger partial charge in [0.05, 0.1) is 0 Å². The van der Waals surface area contributed by atoms with Gasteiger partial charge < -0.3 is 14.8 Å². The monoisotopic (exact) mass is 262 g/mol. The van der Waals surface area contributed by atoms with Crippen LogP contribution in [0.1, 0.15) is 18.4 Å². The predicted octanol–water partition coefficient (Wildman–Crippen LogP) is 1.64. The van der Waals surface area contributed by atoms with Crippen LogP contribution in [0.25, 0.3) is 0 Å². The molecule has 1 N–H and O–H groups in total. The molecule has 2 aliphatic heterocycles. The van der Waals surface area contributed by atoms with Gasteiger partial charge in [-0.05, 0) is 50.7 Å². The van der Waals surface area contributed by atoms with Crippen LogP contribution in [0.5, 0.6) is 11.5 Å². The van der Waals surface area contributed by atoms with Gasteiger partial charge in [-0.2, -0.15) is 0 Å². The van der Waals surface area contributed by atoms with Crippen LogP contribution in [-0.4, -0.2) is 44.3 Å². The number of nitrogens with zero attached hydrogens (tertiary/aromatic N) is 1. The quantitative estimate of drug-likeness (QED) is 0.898. The SMILES string of the molecule is CN(Cc1ccc2c(c1)OCCO2)C1CCNCC1. The molecule has 2 heterocycles. The first-order valence-corrected chi connectivity index (χ1v) is 7.12. The second-order valence-electron chi connectivity index (χ2n) is 5.37. The van der Waals surface area contributed by atoms with Gasteiger partial charge in [-0.25, -0.2) is 0 Å². The Hall–Kier alpha value is -1.26. The molecule has 0 radical (unpaired) electrons. The fourth-order valence-electron chi connectivity index (χ4n) is 2.85. The van der Waals surface area contributed by atoms with E-state index in [4.69, 9.17) is 9.47 Å². The van der Waals surface area contributed by atoms with Gasteiger partial charge in [-0.1, -0.05) is 6.07 Å². The van der Waals surface area contributed by atoms with Gasteiger partial charge in [-0.15, -0.1) is 0 Å². The Morgan fingerprint density at radius 3 is 2.68 bits per heavy atom. The van der Waals surface area contributed by atoms with Crippen molar-refractivity contribution in [3.05, 3.63) is 23.8 Å². The summed E-state index contributed by atoms with van der Waals surface area (Å²) >= 11 is 0. The molecular weight excluding hydrogens is 240 g/mol. The number of hydrogen-bond acceptors (Lipinski definition) is 4. The molecule has 0 bridgehead atoms. The Morgan fingerprint density at radius 1 is 1.16 bits per heavy atom. The molecule has 0 amide bonds. The second kappa shape index (κ2) is 5.80. The molecule has 0 spiro atoms. The standard InChI is InChI=1S/C15H22N2O2/c1-17(13-4-6-16-7-5-13)11-12-2-3-14-15(10-12)19-9-8-18-14/h2-3,10,13,16H,4-9,11H2,1H3. The van der Waals surface area contributed by atoms with E-state index in [0.717, 1.165) is 31.1 Å². The first-order chi connectivity index (χ1) is 9.33. The fraction of sp³-hybridized carbons (Fsp3) is 0.600. The summed E-state index contributed by atoms with van der Waals surface area (Å²) in [5, 5.41) is 3.41. The smallest absolute Gasteiger partial charge is 0.161 e. The first-order valence-electron chi connectivity index (χ1n) is 7.12. The first kappa shape index (κ1) is 12.8. The summed E-state index contributed by atoms with van der Waals surface area (Å²) in [4.78, 5) is 2.45. The van der Waals surface area contributed by atoms with Gasteiger partial charge in [0.15, 0.2) is 11.5 Å². The molecule has 0 aliphatic carbocycles. The average molecular weight is 262 g/mol. The largest absolute Gasteiger partial charge is 0.486 e. The molecule has 1 fully saturated rings. The molecule has 2 aliphatic rings. The minimum absolute atomic E-state index is 0.653. The maximum Gasteiger partial charge on any atom is 0.161 e. The number of hydrogen-bond donors (Lipinski definition) is 1. The van der Waals surface area contributed by atoms with Crippen molar-refractivity contribution in [2.24, 2.45) is 0 Å². The van der Waals surface area contributed by atoms with Gasteiger partial charge >= 0.3 is 0 Å². The Labute approximate surface area is 114 Å². The van der Waals surface area contributed by atoms with Crippen LogP contribution in [0, 0.1) is 0 Å². The van der Waals surface area contributed by atoms with Crippen molar-refractivity contribution in [1.82, 2.24) is 10.2 Å². The molecule has 0 unspecified atom stereocenters. The zero-order valence-corrected chi connectivity index (χ0v) is 11.5. The third kappa shape index (κ3) is 3.01. The van der Waals surface area contributed by atoms with Gasteiger partial charge in [0, 0.05) is 12.6 Å². The van der Waals surface area contributed by atoms with Gasteiger partial charge in [0.25, 0.3) is 0 Å². The lowest BCUT2D eigenvalue weighted by molar-refractivity contribution is 0.169. The highest BCUT2D eigenvalue weighted by atomic mass is 16.6. The third-order valence-corrected chi connectivity index (χ3v) is 3.97. The summed E-state index contributed by atoms with van der Waals surface area (Å²) in [7, 11) is 2.22. The number of fused-ring (bicyclic) bond motifs is 1. The van der Waals surface area contributed by atoms with Crippen LogP contribution in [0.2, 0.25) is 0 Å². The van der Waals surface area contributed by atoms with Crippen molar-refractivity contribution < 1.29 is 9.47 Å². The lowest BCUT2D eigenvalue weighted by atomic mass is 10.0. The van der Waals surface area contributed by atoms with Crippen LogP contribution in [0.15, 0.2) is 18.2 Å². The highest BCUT2D eigenvalue weighted by molar-refractivity contribution is 5.43. The molecule has 1 aromatic rings. The normalized spacial score (nSPS) is 19.7. The van der Waals surface area contributed by atoms with Gasteiger partial charge in [-0.3, -0.25) is 4.90 Å². The molecule has 3 rings (SSSR count). The topological polar surface area (TPSA) is 33.7 Å². The summed E-state index contributed by atoms with van der Waals surface area (Å²) in [5.74, 6) is 1.77. The molecule has 19 heavy (non-hydrogen) atoms. The Morgan fingerprint density at radius 2 is 1.89 bits per heavy atom. The van der Waals surface area contributed by atoms with E-state index in [2.05, 4.69) is 29.4 Å². The van der Waals surface area contributed by atoms with E-state index in [1.807, 2.05) is 6.07 Å². The van der Waals surface area contributed by atoms with Crippen molar-refractivity contribution in [2.45, 2.75) is 25.4 Å². The summed E-state index contributed by atoms with van der Waals surface area (Å²) in [6.45, 7) is 4.55. The summed E-state index contributed by atoms with van der Waals surface area (Å²) in [6, 6.07) is 6.98. The summed E-state index contributed by atoms with van der Waals surface area (Å²) in [6.07, 6.45) is 2.47. The minimum atomic E-state index is 0.653. The maximum atomic E-state index is 5.64. The third-order valence-electron chi connectivity index (χ3n) is 3.97. The van der Waals surface area contributed by atoms with Crippen molar-refractivity contribution in [2.75, 3.05) is 33.4 Å². The molecule has 0 aromatic heterocycles. The molecule has 0 atom stereocenters. The molecule has 0 saturated carbocycles.